The maximum Gasteiger partial charge on any atom is 0.118 e. The lowest BCUT2D eigenvalue weighted by atomic mass is 9.72. The van der Waals surface area contributed by atoms with Crippen LogP contribution in [0.5, 0.6) is 5.75 Å². The molecule has 112 valence electrons. The fourth-order valence-electron chi connectivity index (χ4n) is 2.54. The van der Waals surface area contributed by atoms with E-state index in [0.717, 1.165) is 0 Å². The molecule has 0 heterocycles. The molecule has 1 saturated carbocycles. The largest absolute Gasteiger partial charge is 0.497 e. The third kappa shape index (κ3) is 3.53. The Morgan fingerprint density at radius 2 is 2.05 bits per heavy atom. The van der Waals surface area contributed by atoms with Crippen molar-refractivity contribution in [2.45, 2.75) is 43.6 Å². The summed E-state index contributed by atoms with van der Waals surface area (Å²) in [6.07, 6.45) is 1.10. The van der Waals surface area contributed by atoms with E-state index in [4.69, 9.17) is 20.6 Å². The first-order valence-electron chi connectivity index (χ1n) is 13.9. The maximum atomic E-state index is 11.5. The van der Waals surface area contributed by atoms with Crippen molar-refractivity contribution in [2.24, 2.45) is 0 Å². The van der Waals surface area contributed by atoms with E-state index in [-0.39, 0.29) is 17.7 Å². The van der Waals surface area contributed by atoms with E-state index in [1.54, 1.807) is 0 Å². The predicted molar refractivity (Wildman–Crippen MR) is 82.3 cm³/mol. The van der Waals surface area contributed by atoms with Gasteiger partial charge in [0.1, 0.15) is 5.75 Å². The standard InChI is InChI=1S/C17H27NO2/c1-18(2)13-16(17(19)11-5-4-6-12-17)14-7-9-15(20-3)10-8-14/h7-10,16,19H,4-6,11-13H2,1-3H3/t16-/m1/s1/i1D3,2D3,3D3,7D,8D,9D,10D,13D2. The van der Waals surface area contributed by atoms with Crippen LogP contribution in [0.1, 0.15) is 64.1 Å². The molecule has 3 nitrogen and oxygen atoms in total. The Labute approximate surface area is 143 Å². The van der Waals surface area contributed by atoms with Crippen LogP contribution in [0.3, 0.4) is 0 Å². The van der Waals surface area contributed by atoms with E-state index in [1.165, 1.54) is 0 Å². The lowest BCUT2D eigenvalue weighted by molar-refractivity contribution is -0.0277. The third-order valence-electron chi connectivity index (χ3n) is 3.53. The van der Waals surface area contributed by atoms with Crippen molar-refractivity contribution in [3.8, 4) is 5.75 Å². The monoisotopic (exact) mass is 292 g/mol. The summed E-state index contributed by atoms with van der Waals surface area (Å²) in [5, 5.41) is 11.5. The van der Waals surface area contributed by atoms with Crippen LogP contribution in [0.4, 0.5) is 0 Å². The van der Waals surface area contributed by atoms with E-state index < -0.39 is 74.5 Å². The van der Waals surface area contributed by atoms with Gasteiger partial charge >= 0.3 is 0 Å². The summed E-state index contributed by atoms with van der Waals surface area (Å²) in [5.74, 6) is -3.10. The van der Waals surface area contributed by atoms with Crippen molar-refractivity contribution in [1.29, 1.82) is 0 Å². The molecule has 0 aliphatic heterocycles. The SMILES string of the molecule is [2H]c1c([2H])c([C@H](C2(O)CCCCC2)C([2H])([2H])N(C([2H])([2H])[2H])C([2H])([2H])[2H])c([2H])c([2H])c1OC([2H])([2H])[2H]. The Balaban J connectivity index is 2.94. The van der Waals surface area contributed by atoms with Crippen LogP contribution in [0.2, 0.25) is 0 Å². The summed E-state index contributed by atoms with van der Waals surface area (Å²) >= 11 is 0. The van der Waals surface area contributed by atoms with Gasteiger partial charge in [0.05, 0.1) is 22.2 Å². The molecule has 0 unspecified atom stereocenters. The van der Waals surface area contributed by atoms with E-state index >= 15 is 0 Å². The quantitative estimate of drug-likeness (QED) is 0.905. The fraction of sp³-hybridized carbons (Fsp3) is 0.647. The van der Waals surface area contributed by atoms with Gasteiger partial charge in [0.2, 0.25) is 0 Å². The highest BCUT2D eigenvalue weighted by atomic mass is 16.5. The van der Waals surface area contributed by atoms with Crippen LogP contribution < -0.4 is 4.74 Å². The lowest BCUT2D eigenvalue weighted by Gasteiger charge is -2.40. The molecule has 0 spiro atoms. The molecule has 0 saturated heterocycles. The smallest absolute Gasteiger partial charge is 0.118 e. The van der Waals surface area contributed by atoms with Crippen molar-refractivity contribution in [3.05, 3.63) is 29.7 Å². The van der Waals surface area contributed by atoms with Crippen LogP contribution >= 0.6 is 0 Å². The molecular formula is C17H27NO2. The Morgan fingerprint density at radius 1 is 1.35 bits per heavy atom. The minimum absolute atomic E-state index is 0.125. The number of likely N-dealkylation sites (N-methyl/N-ethyl adjacent to an activating group) is 1. The summed E-state index contributed by atoms with van der Waals surface area (Å²) in [6, 6.07) is -3.94. The molecule has 2 rings (SSSR count). The molecule has 1 fully saturated rings. The van der Waals surface area contributed by atoms with Crippen molar-refractivity contribution >= 4 is 0 Å². The van der Waals surface area contributed by atoms with E-state index in [9.17, 15) is 5.11 Å². The summed E-state index contributed by atoms with van der Waals surface area (Å²) in [5.41, 5.74) is -2.90. The van der Waals surface area contributed by atoms with Gasteiger partial charge in [-0.2, -0.15) is 0 Å². The number of nitrogens with zero attached hydrogens (tertiary/aromatic N) is 1. The third-order valence-corrected chi connectivity index (χ3v) is 3.53. The normalized spacial score (nSPS) is 33.4. The van der Waals surface area contributed by atoms with Gasteiger partial charge in [-0.3, -0.25) is 0 Å². The van der Waals surface area contributed by atoms with E-state index in [2.05, 4.69) is 4.74 Å². The molecule has 0 aromatic heterocycles. The van der Waals surface area contributed by atoms with Crippen molar-refractivity contribution in [3.63, 3.8) is 0 Å². The fourth-order valence-corrected chi connectivity index (χ4v) is 2.54. The zero-order valence-corrected chi connectivity index (χ0v) is 10.9. The first kappa shape index (κ1) is 4.99. The summed E-state index contributed by atoms with van der Waals surface area (Å²) in [6.45, 7) is -10.5. The molecule has 1 N–H and O–H groups in total. The highest BCUT2D eigenvalue weighted by molar-refractivity contribution is 5.31. The van der Waals surface area contributed by atoms with Crippen LogP contribution in [0.25, 0.3) is 0 Å². The number of ether oxygens (including phenoxy) is 1. The van der Waals surface area contributed by atoms with Gasteiger partial charge in [-0.1, -0.05) is 31.3 Å². The molecule has 1 aliphatic carbocycles. The number of hydrogen-bond donors (Lipinski definition) is 1. The Morgan fingerprint density at radius 3 is 2.65 bits per heavy atom. The van der Waals surface area contributed by atoms with Gasteiger partial charge in [-0.25, -0.2) is 0 Å². The molecule has 1 aliphatic rings. The summed E-state index contributed by atoms with van der Waals surface area (Å²) < 4.78 is 123. The first-order chi connectivity index (χ1) is 15.6. The van der Waals surface area contributed by atoms with Gasteiger partial charge in [-0.05, 0) is 44.4 Å². The molecule has 1 aromatic rings. The molecule has 3 heteroatoms. The van der Waals surface area contributed by atoms with Crippen molar-refractivity contribution < 1.29 is 30.4 Å². The average Bonchev–Trinajstić information content (AvgIpc) is 2.63. The minimum atomic E-state index is -3.54. The number of rotatable bonds is 5. The van der Waals surface area contributed by atoms with Gasteiger partial charge in [0, 0.05) is 23.4 Å². The molecular weight excluding hydrogens is 250 g/mol. The first-order valence-corrected chi connectivity index (χ1v) is 6.38. The number of benzene rings is 1. The van der Waals surface area contributed by atoms with E-state index in [0.29, 0.717) is 19.3 Å². The molecule has 0 radical (unpaired) electrons. The van der Waals surface area contributed by atoms with Crippen LogP contribution in [0, 0.1) is 0 Å². The van der Waals surface area contributed by atoms with Crippen LogP contribution in [-0.4, -0.2) is 43.1 Å². The van der Waals surface area contributed by atoms with Gasteiger partial charge < -0.3 is 14.7 Å². The zero-order chi connectivity index (χ0) is 27.4. The Bertz CT molecular complexity index is 888. The van der Waals surface area contributed by atoms with Crippen LogP contribution in [-0.2, 0) is 0 Å². The average molecular weight is 292 g/mol. The number of hydrogen-bond acceptors (Lipinski definition) is 3. The summed E-state index contributed by atoms with van der Waals surface area (Å²) in [7, 11) is -3.14. The zero-order valence-electron chi connectivity index (χ0n) is 25.9. The second-order valence-electron chi connectivity index (χ2n) is 4.91. The highest BCUT2D eigenvalue weighted by Gasteiger charge is 2.38. The Hall–Kier alpha value is -1.06. The molecule has 1 aromatic carbocycles. The molecule has 20 heavy (non-hydrogen) atoms. The number of aliphatic hydroxyl groups is 1. The van der Waals surface area contributed by atoms with Gasteiger partial charge in [-0.15, -0.1) is 0 Å². The number of methoxy groups -OCH3 is 1. The second-order valence-corrected chi connectivity index (χ2v) is 4.91. The van der Waals surface area contributed by atoms with Gasteiger partial charge in [0.25, 0.3) is 0 Å². The van der Waals surface area contributed by atoms with Crippen molar-refractivity contribution in [2.75, 3.05) is 27.5 Å². The minimum Gasteiger partial charge on any atom is -0.497 e. The molecule has 1 atom stereocenters. The maximum absolute atomic E-state index is 11.5. The second kappa shape index (κ2) is 6.59. The van der Waals surface area contributed by atoms with Gasteiger partial charge in [0.15, 0.2) is 0 Å². The highest BCUT2D eigenvalue weighted by Crippen LogP contribution is 2.40. The predicted octanol–water partition coefficient (Wildman–Crippen LogP) is 3.04. The van der Waals surface area contributed by atoms with Crippen molar-refractivity contribution in [1.82, 2.24) is 4.90 Å². The summed E-state index contributed by atoms with van der Waals surface area (Å²) in [4.78, 5) is -0.386. The lowest BCUT2D eigenvalue weighted by Crippen LogP contribution is -2.42. The molecule has 0 amide bonds. The Kier molecular flexibility index (Phi) is 1.65. The topological polar surface area (TPSA) is 32.7 Å². The van der Waals surface area contributed by atoms with Crippen LogP contribution in [0.15, 0.2) is 24.2 Å². The van der Waals surface area contributed by atoms with E-state index in [1.807, 2.05) is 0 Å². The molecule has 0 bridgehead atoms.